The summed E-state index contributed by atoms with van der Waals surface area (Å²) in [5.41, 5.74) is 1.78. The molecule has 0 aromatic carbocycles. The van der Waals surface area contributed by atoms with E-state index in [1.807, 2.05) is 36.8 Å². The lowest BCUT2D eigenvalue weighted by atomic mass is 10.1. The number of nitrogens with one attached hydrogen (secondary N) is 1. The average Bonchev–Trinajstić information content (AvgIpc) is 2.38. The molecule has 1 aromatic rings. The van der Waals surface area contributed by atoms with Crippen molar-refractivity contribution in [3.05, 3.63) is 60.3 Å². The van der Waals surface area contributed by atoms with Crippen molar-refractivity contribution in [2.24, 2.45) is 0 Å². The van der Waals surface area contributed by atoms with E-state index in [9.17, 15) is 4.79 Å². The van der Waals surface area contributed by atoms with Gasteiger partial charge in [0.1, 0.15) is 0 Å². The van der Waals surface area contributed by atoms with Gasteiger partial charge in [-0.3, -0.25) is 9.78 Å². The Hall–Kier alpha value is -1.90. The average molecular weight is 213 g/mol. The number of carbonyl (C=O) groups is 1. The van der Waals surface area contributed by atoms with Gasteiger partial charge in [-0.1, -0.05) is 18.2 Å². The fourth-order valence-corrected chi connectivity index (χ4v) is 1.47. The monoisotopic (exact) mass is 213 g/mol. The van der Waals surface area contributed by atoms with Gasteiger partial charge in [-0.25, -0.2) is 0 Å². The van der Waals surface area contributed by atoms with Gasteiger partial charge in [0.15, 0.2) is 0 Å². The molecular formula is C13H13N2O. The van der Waals surface area contributed by atoms with Crippen molar-refractivity contribution in [2.75, 3.05) is 0 Å². The van der Waals surface area contributed by atoms with Crippen LogP contribution in [0.5, 0.6) is 0 Å². The lowest BCUT2D eigenvalue weighted by Gasteiger charge is -2.08. The molecule has 0 atom stereocenters. The third kappa shape index (κ3) is 2.79. The number of amides is 1. The third-order valence-corrected chi connectivity index (χ3v) is 2.35. The van der Waals surface area contributed by atoms with Crippen molar-refractivity contribution < 1.29 is 4.79 Å². The molecule has 0 fully saturated rings. The number of hydrogen-bond donors (Lipinski definition) is 1. The highest BCUT2D eigenvalue weighted by atomic mass is 16.1. The molecule has 1 amide bonds. The maximum Gasteiger partial charge on any atom is 0.251 e. The number of nitrogens with zero attached hydrogens (tertiary/aromatic N) is 1. The van der Waals surface area contributed by atoms with E-state index in [1.165, 1.54) is 0 Å². The van der Waals surface area contributed by atoms with E-state index in [0.717, 1.165) is 17.6 Å². The quantitative estimate of drug-likeness (QED) is 0.831. The van der Waals surface area contributed by atoms with Crippen molar-refractivity contribution in [1.29, 1.82) is 0 Å². The summed E-state index contributed by atoms with van der Waals surface area (Å²) in [5.74, 6) is -0.0267. The first-order valence-electron chi connectivity index (χ1n) is 5.23. The van der Waals surface area contributed by atoms with Crippen LogP contribution in [0.3, 0.4) is 0 Å². The van der Waals surface area contributed by atoms with Gasteiger partial charge in [0, 0.05) is 24.5 Å². The predicted molar refractivity (Wildman–Crippen MR) is 62.2 cm³/mol. The van der Waals surface area contributed by atoms with Gasteiger partial charge in [0.25, 0.3) is 5.91 Å². The molecule has 0 saturated carbocycles. The van der Waals surface area contributed by atoms with Crippen LogP contribution in [-0.2, 0) is 11.3 Å². The Balaban J connectivity index is 1.89. The summed E-state index contributed by atoms with van der Waals surface area (Å²) >= 11 is 0. The summed E-state index contributed by atoms with van der Waals surface area (Å²) in [4.78, 5) is 15.6. The van der Waals surface area contributed by atoms with Crippen LogP contribution in [0.4, 0.5) is 0 Å². The lowest BCUT2D eigenvalue weighted by Crippen LogP contribution is -2.24. The Labute approximate surface area is 94.9 Å². The smallest absolute Gasteiger partial charge is 0.251 e. The van der Waals surface area contributed by atoms with E-state index >= 15 is 0 Å². The molecule has 1 radical (unpaired) electrons. The number of pyridine rings is 1. The lowest BCUT2D eigenvalue weighted by molar-refractivity contribution is -0.117. The summed E-state index contributed by atoms with van der Waals surface area (Å²) in [6.45, 7) is 0.538. The zero-order chi connectivity index (χ0) is 11.2. The molecule has 1 aliphatic rings. The van der Waals surface area contributed by atoms with Crippen molar-refractivity contribution in [2.45, 2.75) is 13.0 Å². The number of carbonyl (C=O) groups excluding carboxylic acids is 1. The molecule has 3 heteroatoms. The first kappa shape index (κ1) is 10.6. The van der Waals surface area contributed by atoms with Gasteiger partial charge < -0.3 is 5.32 Å². The second kappa shape index (κ2) is 5.26. The van der Waals surface area contributed by atoms with Crippen LogP contribution in [0.25, 0.3) is 0 Å². The zero-order valence-electron chi connectivity index (χ0n) is 8.89. The van der Waals surface area contributed by atoms with E-state index < -0.39 is 0 Å². The summed E-state index contributed by atoms with van der Waals surface area (Å²) < 4.78 is 0. The maximum atomic E-state index is 11.7. The van der Waals surface area contributed by atoms with Gasteiger partial charge in [-0.2, -0.15) is 0 Å². The molecule has 2 rings (SSSR count). The number of aromatic nitrogens is 1. The van der Waals surface area contributed by atoms with E-state index in [2.05, 4.69) is 10.3 Å². The Kier molecular flexibility index (Phi) is 3.49. The fraction of sp³-hybridized carbons (Fsp3) is 0.154. The minimum Gasteiger partial charge on any atom is -0.348 e. The SMILES string of the molecule is O=C(NCc1ccncc1)C1=CC[CH]C=C1. The summed E-state index contributed by atoms with van der Waals surface area (Å²) in [6.07, 6.45) is 11.9. The van der Waals surface area contributed by atoms with Crippen molar-refractivity contribution in [1.82, 2.24) is 10.3 Å². The van der Waals surface area contributed by atoms with Crippen LogP contribution >= 0.6 is 0 Å². The molecule has 1 aliphatic carbocycles. The van der Waals surface area contributed by atoms with Crippen LogP contribution < -0.4 is 5.32 Å². The Morgan fingerprint density at radius 3 is 2.88 bits per heavy atom. The van der Waals surface area contributed by atoms with Gasteiger partial charge in [0.2, 0.25) is 0 Å². The van der Waals surface area contributed by atoms with Crippen LogP contribution in [0.1, 0.15) is 12.0 Å². The summed E-state index contributed by atoms with van der Waals surface area (Å²) in [7, 11) is 0. The normalized spacial score (nSPS) is 14.4. The highest BCUT2D eigenvalue weighted by molar-refractivity contribution is 5.96. The van der Waals surface area contributed by atoms with Crippen LogP contribution in [0.15, 0.2) is 48.3 Å². The molecule has 0 unspecified atom stereocenters. The topological polar surface area (TPSA) is 42.0 Å². The molecule has 3 nitrogen and oxygen atoms in total. The molecule has 0 bridgehead atoms. The molecule has 0 saturated heterocycles. The Morgan fingerprint density at radius 1 is 1.38 bits per heavy atom. The summed E-state index contributed by atoms with van der Waals surface area (Å²) in [5, 5.41) is 2.87. The minimum atomic E-state index is -0.0267. The van der Waals surface area contributed by atoms with Crippen molar-refractivity contribution in [3.8, 4) is 0 Å². The predicted octanol–water partition coefficient (Wildman–Crippen LogP) is 1.79. The van der Waals surface area contributed by atoms with Crippen molar-refractivity contribution >= 4 is 5.91 Å². The van der Waals surface area contributed by atoms with Gasteiger partial charge in [-0.15, -0.1) is 0 Å². The van der Waals surface area contributed by atoms with Gasteiger partial charge in [0.05, 0.1) is 0 Å². The molecule has 1 N–H and O–H groups in total. The molecule has 16 heavy (non-hydrogen) atoms. The molecule has 0 aliphatic heterocycles. The highest BCUT2D eigenvalue weighted by Crippen LogP contribution is 2.08. The van der Waals surface area contributed by atoms with Crippen LogP contribution in [-0.4, -0.2) is 10.9 Å². The largest absolute Gasteiger partial charge is 0.348 e. The molecule has 0 spiro atoms. The fourth-order valence-electron chi connectivity index (χ4n) is 1.47. The molecular weight excluding hydrogens is 200 g/mol. The third-order valence-electron chi connectivity index (χ3n) is 2.35. The molecule has 1 heterocycles. The second-order valence-corrected chi connectivity index (χ2v) is 3.53. The number of hydrogen-bond acceptors (Lipinski definition) is 2. The van der Waals surface area contributed by atoms with Crippen molar-refractivity contribution in [3.63, 3.8) is 0 Å². The maximum absolute atomic E-state index is 11.7. The Bertz CT molecular complexity index is 421. The summed E-state index contributed by atoms with van der Waals surface area (Å²) in [6, 6.07) is 3.78. The zero-order valence-corrected chi connectivity index (χ0v) is 8.89. The van der Waals surface area contributed by atoms with Gasteiger partial charge in [-0.05, 0) is 30.5 Å². The van der Waals surface area contributed by atoms with Crippen LogP contribution in [0, 0.1) is 6.42 Å². The van der Waals surface area contributed by atoms with E-state index in [1.54, 1.807) is 12.4 Å². The first-order valence-corrected chi connectivity index (χ1v) is 5.23. The van der Waals surface area contributed by atoms with E-state index in [4.69, 9.17) is 0 Å². The van der Waals surface area contributed by atoms with Gasteiger partial charge >= 0.3 is 0 Å². The first-order chi connectivity index (χ1) is 7.86. The molecule has 1 aromatic heterocycles. The standard InChI is InChI=1S/C13H13N2O/c16-13(12-4-2-1-3-5-12)15-10-11-6-8-14-9-7-11/h1-2,4-9H,3,10H2,(H,15,16). The van der Waals surface area contributed by atoms with Crippen LogP contribution in [0.2, 0.25) is 0 Å². The number of allylic oxidation sites excluding steroid dienone is 2. The molecule has 81 valence electrons. The minimum absolute atomic E-state index is 0.0267. The second-order valence-electron chi connectivity index (χ2n) is 3.53. The van der Waals surface area contributed by atoms with E-state index in [0.29, 0.717) is 6.54 Å². The highest BCUT2D eigenvalue weighted by Gasteiger charge is 2.07. The Morgan fingerprint density at radius 2 is 2.19 bits per heavy atom. The number of rotatable bonds is 3. The van der Waals surface area contributed by atoms with E-state index in [-0.39, 0.29) is 5.91 Å².